The van der Waals surface area contributed by atoms with E-state index in [-0.39, 0.29) is 0 Å². The first kappa shape index (κ1) is 20.8. The molecule has 0 aliphatic heterocycles. The molecule has 0 aromatic heterocycles. The quantitative estimate of drug-likeness (QED) is 0.534. The molecular formula is C17H30O6Si. The van der Waals surface area contributed by atoms with Gasteiger partial charge in [0.2, 0.25) is 0 Å². The van der Waals surface area contributed by atoms with Crippen molar-refractivity contribution in [2.24, 2.45) is 0 Å². The van der Waals surface area contributed by atoms with E-state index in [1.165, 1.54) is 0 Å². The Hall–Kier alpha value is -1.28. The summed E-state index contributed by atoms with van der Waals surface area (Å²) < 4.78 is 34.0. The fraction of sp³-hybridized carbons (Fsp3) is 0.647. The third kappa shape index (κ3) is 5.37. The summed E-state index contributed by atoms with van der Waals surface area (Å²) in [6.07, 6.45) is 0.669. The van der Waals surface area contributed by atoms with Crippen molar-refractivity contribution in [2.45, 2.75) is 33.2 Å². The third-order valence-electron chi connectivity index (χ3n) is 3.59. The molecule has 0 amide bonds. The maximum absolute atomic E-state index is 5.91. The molecule has 0 aliphatic carbocycles. The topological polar surface area (TPSA) is 55.4 Å². The van der Waals surface area contributed by atoms with Crippen molar-refractivity contribution in [2.75, 3.05) is 41.2 Å². The molecule has 1 rings (SSSR count). The van der Waals surface area contributed by atoms with Gasteiger partial charge in [0.25, 0.3) is 0 Å². The second-order valence-corrected chi connectivity index (χ2v) is 7.72. The zero-order valence-corrected chi connectivity index (χ0v) is 16.6. The van der Waals surface area contributed by atoms with Crippen LogP contribution in [0, 0.1) is 0 Å². The maximum Gasteiger partial charge on any atom is 0.501 e. The van der Waals surface area contributed by atoms with E-state index in [9.17, 15) is 0 Å². The van der Waals surface area contributed by atoms with E-state index >= 15 is 0 Å². The van der Waals surface area contributed by atoms with Gasteiger partial charge >= 0.3 is 8.80 Å². The van der Waals surface area contributed by atoms with Crippen LogP contribution in [0.2, 0.25) is 6.04 Å². The van der Waals surface area contributed by atoms with Gasteiger partial charge in [-0.2, -0.15) is 0 Å². The smallest absolute Gasteiger partial charge is 0.496 e. The summed E-state index contributed by atoms with van der Waals surface area (Å²) in [5.74, 6) is 2.13. The molecule has 0 fully saturated rings. The Morgan fingerprint density at radius 3 is 1.54 bits per heavy atom. The maximum atomic E-state index is 5.91. The standard InChI is InChI=1S/C17H30O6Si/c1-7-21-24(22-8-2,23-9-3)11-10-15-16(19-5)12-14(18-4)13-17(15)20-6/h12-13H,7-11H2,1-6H3. The minimum atomic E-state index is -2.71. The lowest BCUT2D eigenvalue weighted by Gasteiger charge is -2.29. The molecular weight excluding hydrogens is 328 g/mol. The lowest BCUT2D eigenvalue weighted by atomic mass is 10.1. The molecule has 7 heteroatoms. The summed E-state index contributed by atoms with van der Waals surface area (Å²) in [5.41, 5.74) is 0.955. The Balaban J connectivity index is 3.08. The van der Waals surface area contributed by atoms with Crippen LogP contribution in [0.1, 0.15) is 26.3 Å². The van der Waals surface area contributed by atoms with Crippen molar-refractivity contribution in [1.29, 1.82) is 0 Å². The zero-order valence-electron chi connectivity index (χ0n) is 15.6. The minimum Gasteiger partial charge on any atom is -0.496 e. The Morgan fingerprint density at radius 1 is 0.750 bits per heavy atom. The number of methoxy groups -OCH3 is 3. The number of hydrogen-bond acceptors (Lipinski definition) is 6. The molecule has 0 N–H and O–H groups in total. The van der Waals surface area contributed by atoms with Crippen LogP contribution in [0.4, 0.5) is 0 Å². The highest BCUT2D eigenvalue weighted by molar-refractivity contribution is 6.60. The van der Waals surface area contributed by atoms with Gasteiger partial charge in [0.05, 0.1) is 21.3 Å². The van der Waals surface area contributed by atoms with E-state index in [0.717, 1.165) is 17.1 Å². The molecule has 1 aromatic carbocycles. The summed E-state index contributed by atoms with van der Waals surface area (Å²) in [4.78, 5) is 0. The summed E-state index contributed by atoms with van der Waals surface area (Å²) in [6.45, 7) is 7.53. The Morgan fingerprint density at radius 2 is 1.21 bits per heavy atom. The summed E-state index contributed by atoms with van der Waals surface area (Å²) in [5, 5.41) is 0. The first-order chi connectivity index (χ1) is 11.6. The second-order valence-electron chi connectivity index (χ2n) is 4.99. The van der Waals surface area contributed by atoms with Crippen molar-refractivity contribution in [3.8, 4) is 17.2 Å². The SMILES string of the molecule is CCO[Si](CCc1c(OC)cc(OC)cc1OC)(OCC)OCC. The highest BCUT2D eigenvalue weighted by Gasteiger charge is 2.40. The molecule has 0 atom stereocenters. The van der Waals surface area contributed by atoms with Gasteiger partial charge in [0.15, 0.2) is 0 Å². The fourth-order valence-corrected chi connectivity index (χ4v) is 5.16. The highest BCUT2D eigenvalue weighted by atomic mass is 28.4. The van der Waals surface area contributed by atoms with Crippen molar-refractivity contribution in [3.05, 3.63) is 17.7 Å². The Kier molecular flexibility index (Phi) is 9.13. The van der Waals surface area contributed by atoms with Crippen molar-refractivity contribution < 1.29 is 27.5 Å². The molecule has 0 aliphatic rings. The normalized spacial score (nSPS) is 11.4. The fourth-order valence-electron chi connectivity index (χ4n) is 2.60. The third-order valence-corrected chi connectivity index (χ3v) is 6.64. The van der Waals surface area contributed by atoms with Gasteiger partial charge in [-0.05, 0) is 27.2 Å². The number of benzene rings is 1. The largest absolute Gasteiger partial charge is 0.501 e. The monoisotopic (exact) mass is 358 g/mol. The molecule has 1 aromatic rings. The number of rotatable bonds is 12. The van der Waals surface area contributed by atoms with Crippen LogP contribution in [-0.2, 0) is 19.7 Å². The van der Waals surface area contributed by atoms with Crippen LogP contribution in [0.15, 0.2) is 12.1 Å². The lowest BCUT2D eigenvalue weighted by molar-refractivity contribution is 0.0713. The van der Waals surface area contributed by atoms with E-state index in [1.54, 1.807) is 21.3 Å². The summed E-state index contributed by atoms with van der Waals surface area (Å²) in [6, 6.07) is 4.35. The predicted octanol–water partition coefficient (Wildman–Crippen LogP) is 3.30. The predicted molar refractivity (Wildman–Crippen MR) is 95.2 cm³/mol. The Bertz CT molecular complexity index is 452. The molecule has 0 saturated heterocycles. The first-order valence-corrected chi connectivity index (χ1v) is 10.2. The van der Waals surface area contributed by atoms with Crippen molar-refractivity contribution in [3.63, 3.8) is 0 Å². The molecule has 0 heterocycles. The van der Waals surface area contributed by atoms with Crippen LogP contribution in [0.5, 0.6) is 17.2 Å². The van der Waals surface area contributed by atoms with E-state index in [0.29, 0.717) is 38.0 Å². The van der Waals surface area contributed by atoms with Gasteiger partial charge in [-0.1, -0.05) is 0 Å². The van der Waals surface area contributed by atoms with Crippen molar-refractivity contribution >= 4 is 8.80 Å². The Labute approximate surface area is 146 Å². The molecule has 6 nitrogen and oxygen atoms in total. The van der Waals surface area contributed by atoms with Gasteiger partial charge in [-0.25, -0.2) is 0 Å². The molecule has 138 valence electrons. The average molecular weight is 359 g/mol. The second kappa shape index (κ2) is 10.6. The summed E-state index contributed by atoms with van der Waals surface area (Å²) >= 11 is 0. The molecule has 0 unspecified atom stereocenters. The van der Waals surface area contributed by atoms with Gasteiger partial charge in [0, 0.05) is 43.6 Å². The van der Waals surface area contributed by atoms with Crippen LogP contribution < -0.4 is 14.2 Å². The molecule has 0 bridgehead atoms. The molecule has 24 heavy (non-hydrogen) atoms. The van der Waals surface area contributed by atoms with E-state index in [2.05, 4.69) is 0 Å². The number of ether oxygens (including phenoxy) is 3. The van der Waals surface area contributed by atoms with Gasteiger partial charge in [0.1, 0.15) is 17.2 Å². The minimum absolute atomic E-state index is 0.559. The van der Waals surface area contributed by atoms with Crippen molar-refractivity contribution in [1.82, 2.24) is 0 Å². The van der Waals surface area contributed by atoms with Gasteiger partial charge in [-0.3, -0.25) is 0 Å². The van der Waals surface area contributed by atoms with Gasteiger partial charge < -0.3 is 27.5 Å². The molecule has 0 radical (unpaired) electrons. The highest BCUT2D eigenvalue weighted by Crippen LogP contribution is 2.36. The average Bonchev–Trinajstić information content (AvgIpc) is 2.59. The number of hydrogen-bond donors (Lipinski definition) is 0. The van der Waals surface area contributed by atoms with Gasteiger partial charge in [-0.15, -0.1) is 0 Å². The van der Waals surface area contributed by atoms with E-state index < -0.39 is 8.80 Å². The van der Waals surface area contributed by atoms with Crippen LogP contribution in [0.25, 0.3) is 0 Å². The zero-order chi connectivity index (χ0) is 18.0. The van der Waals surface area contributed by atoms with Crippen LogP contribution in [0.3, 0.4) is 0 Å². The van der Waals surface area contributed by atoms with Crippen LogP contribution >= 0.6 is 0 Å². The van der Waals surface area contributed by atoms with E-state index in [1.807, 2.05) is 32.9 Å². The van der Waals surface area contributed by atoms with Crippen LogP contribution in [-0.4, -0.2) is 50.0 Å². The first-order valence-electron chi connectivity index (χ1n) is 8.30. The molecule has 0 saturated carbocycles. The molecule has 0 spiro atoms. The van der Waals surface area contributed by atoms with E-state index in [4.69, 9.17) is 27.5 Å². The summed E-state index contributed by atoms with van der Waals surface area (Å²) in [7, 11) is 2.17. The lowest BCUT2D eigenvalue weighted by Crippen LogP contribution is -2.46.